The molecule has 0 saturated heterocycles. The van der Waals surface area contributed by atoms with Gasteiger partial charge in [-0.05, 0) is 37.1 Å². The maximum Gasteiger partial charge on any atom is 0.243 e. The molecular weight excluding hydrogens is 544 g/mol. The summed E-state index contributed by atoms with van der Waals surface area (Å²) >= 11 is 1.33. The summed E-state index contributed by atoms with van der Waals surface area (Å²) in [5.74, 6) is 0.662. The number of thioether (sulfide) groups is 1. The number of sulfonamides is 1. The van der Waals surface area contributed by atoms with Crippen molar-refractivity contribution in [3.63, 3.8) is 0 Å². The first-order chi connectivity index (χ1) is 19.3. The van der Waals surface area contributed by atoms with Crippen molar-refractivity contribution in [1.29, 1.82) is 0 Å². The van der Waals surface area contributed by atoms with Gasteiger partial charge in [0, 0.05) is 48.0 Å². The molecule has 0 unspecified atom stereocenters. The van der Waals surface area contributed by atoms with Crippen LogP contribution in [0.5, 0.6) is 0 Å². The summed E-state index contributed by atoms with van der Waals surface area (Å²) in [7, 11) is -3.63. The summed E-state index contributed by atoms with van der Waals surface area (Å²) in [6.45, 7) is 9.16. The summed E-state index contributed by atoms with van der Waals surface area (Å²) in [5.41, 5.74) is 3.29. The van der Waals surface area contributed by atoms with E-state index in [0.29, 0.717) is 23.9 Å². The van der Waals surface area contributed by atoms with Crippen LogP contribution in [-0.2, 0) is 21.4 Å². The van der Waals surface area contributed by atoms with E-state index < -0.39 is 10.0 Å². The number of unbranched alkanes of at least 4 members (excludes halogenated alkanes) is 3. The predicted molar refractivity (Wildman–Crippen MR) is 162 cm³/mol. The van der Waals surface area contributed by atoms with E-state index >= 15 is 0 Å². The Balaban J connectivity index is 1.52. The van der Waals surface area contributed by atoms with Gasteiger partial charge in [-0.3, -0.25) is 4.79 Å². The third-order valence-electron chi connectivity index (χ3n) is 6.94. The van der Waals surface area contributed by atoms with E-state index in [4.69, 9.17) is 0 Å². The minimum absolute atomic E-state index is 0.118. The molecule has 4 aromatic rings. The van der Waals surface area contributed by atoms with Gasteiger partial charge in [-0.2, -0.15) is 4.31 Å². The molecule has 4 rings (SSSR count). The number of nitrogens with one attached hydrogen (secondary N) is 2. The Labute approximate surface area is 240 Å². The number of aromatic amines is 1. The van der Waals surface area contributed by atoms with Crippen molar-refractivity contribution >= 4 is 44.3 Å². The van der Waals surface area contributed by atoms with E-state index in [9.17, 15) is 13.2 Å². The number of amides is 1. The SMILES string of the molecule is CCCCCCn1c(SCC(=O)Nc2cc(S(=O)(=O)N(CC)CC)ccc2C)nnc1-c1c[nH]c2ccccc12. The number of aromatic nitrogens is 4. The summed E-state index contributed by atoms with van der Waals surface area (Å²) < 4.78 is 29.5. The lowest BCUT2D eigenvalue weighted by Crippen LogP contribution is -2.30. The molecule has 0 aliphatic heterocycles. The number of anilines is 1. The van der Waals surface area contributed by atoms with Gasteiger partial charge < -0.3 is 14.9 Å². The van der Waals surface area contributed by atoms with E-state index in [0.717, 1.165) is 60.1 Å². The van der Waals surface area contributed by atoms with Crippen LogP contribution < -0.4 is 5.32 Å². The summed E-state index contributed by atoms with van der Waals surface area (Å²) in [6, 6.07) is 12.9. The van der Waals surface area contributed by atoms with Crippen molar-refractivity contribution in [2.75, 3.05) is 24.2 Å². The number of aryl methyl sites for hydroxylation is 1. The van der Waals surface area contributed by atoms with E-state index in [1.165, 1.54) is 22.1 Å². The van der Waals surface area contributed by atoms with Crippen molar-refractivity contribution in [1.82, 2.24) is 24.1 Å². The first-order valence-electron chi connectivity index (χ1n) is 13.8. The largest absolute Gasteiger partial charge is 0.360 e. The minimum Gasteiger partial charge on any atom is -0.360 e. The standard InChI is InChI=1S/C29H38N6O3S2/c1-5-8-9-12-17-35-28(24-19-30-25-14-11-10-13-23(24)25)32-33-29(35)39-20-27(36)31-26-18-22(16-15-21(26)4)40(37,38)34(6-2)7-3/h10-11,13-16,18-19,30H,5-9,12,17,20H2,1-4H3,(H,31,36). The van der Waals surface area contributed by atoms with Crippen molar-refractivity contribution in [2.24, 2.45) is 0 Å². The fraction of sp³-hybridized carbons (Fsp3) is 0.414. The monoisotopic (exact) mass is 582 g/mol. The number of rotatable bonds is 14. The molecule has 0 bridgehead atoms. The molecule has 9 nitrogen and oxygen atoms in total. The lowest BCUT2D eigenvalue weighted by molar-refractivity contribution is -0.113. The average molecular weight is 583 g/mol. The van der Waals surface area contributed by atoms with Crippen molar-refractivity contribution < 1.29 is 13.2 Å². The maximum atomic E-state index is 13.0. The third kappa shape index (κ3) is 6.59. The Morgan fingerprint density at radius 2 is 1.82 bits per heavy atom. The highest BCUT2D eigenvalue weighted by Gasteiger charge is 2.23. The number of carbonyl (C=O) groups is 1. The zero-order valence-electron chi connectivity index (χ0n) is 23.6. The second-order valence-corrected chi connectivity index (χ2v) is 12.5. The molecule has 40 heavy (non-hydrogen) atoms. The molecule has 2 heterocycles. The van der Waals surface area contributed by atoms with E-state index in [2.05, 4.69) is 38.1 Å². The lowest BCUT2D eigenvalue weighted by atomic mass is 10.1. The molecule has 1 amide bonds. The third-order valence-corrected chi connectivity index (χ3v) is 9.95. The van der Waals surface area contributed by atoms with E-state index in [-0.39, 0.29) is 16.6 Å². The zero-order valence-corrected chi connectivity index (χ0v) is 25.2. The topological polar surface area (TPSA) is 113 Å². The first-order valence-corrected chi connectivity index (χ1v) is 16.3. The normalized spacial score (nSPS) is 11.9. The number of hydrogen-bond acceptors (Lipinski definition) is 6. The van der Waals surface area contributed by atoms with Crippen LogP contribution in [-0.4, -0.2) is 57.2 Å². The second kappa shape index (κ2) is 13.5. The van der Waals surface area contributed by atoms with Crippen LogP contribution in [0, 0.1) is 6.92 Å². The van der Waals surface area contributed by atoms with Crippen LogP contribution in [0.3, 0.4) is 0 Å². The fourth-order valence-corrected chi connectivity index (χ4v) is 6.92. The van der Waals surface area contributed by atoms with Gasteiger partial charge in [0.1, 0.15) is 0 Å². The van der Waals surface area contributed by atoms with Gasteiger partial charge >= 0.3 is 0 Å². The smallest absolute Gasteiger partial charge is 0.243 e. The number of para-hydroxylation sites is 1. The molecule has 2 N–H and O–H groups in total. The van der Waals surface area contributed by atoms with Crippen LogP contribution in [0.15, 0.2) is 58.7 Å². The average Bonchev–Trinajstić information content (AvgIpc) is 3.55. The molecular formula is C29H38N6O3S2. The highest BCUT2D eigenvalue weighted by molar-refractivity contribution is 7.99. The molecule has 0 aliphatic carbocycles. The molecule has 0 fully saturated rings. The van der Waals surface area contributed by atoms with Crippen LogP contribution >= 0.6 is 11.8 Å². The minimum atomic E-state index is -3.63. The van der Waals surface area contributed by atoms with Crippen LogP contribution in [0.25, 0.3) is 22.3 Å². The Bertz CT molecular complexity index is 1560. The summed E-state index contributed by atoms with van der Waals surface area (Å²) in [5, 5.41) is 13.6. The van der Waals surface area contributed by atoms with Crippen LogP contribution in [0.4, 0.5) is 5.69 Å². The number of hydrogen-bond donors (Lipinski definition) is 2. The highest BCUT2D eigenvalue weighted by Crippen LogP contribution is 2.31. The molecule has 214 valence electrons. The number of carbonyl (C=O) groups excluding carboxylic acids is 1. The fourth-order valence-electron chi connectivity index (χ4n) is 4.67. The van der Waals surface area contributed by atoms with Crippen LogP contribution in [0.1, 0.15) is 52.0 Å². The lowest BCUT2D eigenvalue weighted by Gasteiger charge is -2.19. The molecule has 0 atom stereocenters. The zero-order chi connectivity index (χ0) is 28.7. The molecule has 0 saturated carbocycles. The van der Waals surface area contributed by atoms with Gasteiger partial charge in [0.25, 0.3) is 0 Å². The van der Waals surface area contributed by atoms with Gasteiger partial charge in [0.05, 0.1) is 10.6 Å². The van der Waals surface area contributed by atoms with Gasteiger partial charge in [0.15, 0.2) is 11.0 Å². The number of benzene rings is 2. The Kier molecular flexibility index (Phi) is 10.0. The van der Waals surface area contributed by atoms with E-state index in [1.807, 2.05) is 45.2 Å². The van der Waals surface area contributed by atoms with Gasteiger partial charge in [0.2, 0.25) is 15.9 Å². The molecule has 11 heteroatoms. The Morgan fingerprint density at radius 3 is 2.58 bits per heavy atom. The van der Waals surface area contributed by atoms with Crippen molar-refractivity contribution in [2.45, 2.75) is 70.0 Å². The summed E-state index contributed by atoms with van der Waals surface area (Å²) in [4.78, 5) is 16.5. The first kappa shape index (κ1) is 29.8. The van der Waals surface area contributed by atoms with Crippen molar-refractivity contribution in [3.05, 3.63) is 54.2 Å². The predicted octanol–water partition coefficient (Wildman–Crippen LogP) is 6.08. The molecule has 2 aromatic carbocycles. The Hall–Kier alpha value is -3.15. The molecule has 0 radical (unpaired) electrons. The molecule has 0 spiro atoms. The van der Waals surface area contributed by atoms with Crippen molar-refractivity contribution in [3.8, 4) is 11.4 Å². The second-order valence-electron chi connectivity index (χ2n) is 9.67. The highest BCUT2D eigenvalue weighted by atomic mass is 32.2. The van der Waals surface area contributed by atoms with Gasteiger partial charge in [-0.1, -0.05) is 76.1 Å². The summed E-state index contributed by atoms with van der Waals surface area (Å²) in [6.07, 6.45) is 6.38. The maximum absolute atomic E-state index is 13.0. The quantitative estimate of drug-likeness (QED) is 0.138. The van der Waals surface area contributed by atoms with E-state index in [1.54, 1.807) is 12.1 Å². The Morgan fingerprint density at radius 1 is 1.05 bits per heavy atom. The van der Waals surface area contributed by atoms with Gasteiger partial charge in [-0.25, -0.2) is 8.42 Å². The van der Waals surface area contributed by atoms with Gasteiger partial charge in [-0.15, -0.1) is 10.2 Å². The number of fused-ring (bicyclic) bond motifs is 1. The number of nitrogens with zero attached hydrogens (tertiary/aromatic N) is 4. The molecule has 2 aromatic heterocycles. The molecule has 0 aliphatic rings. The number of H-pyrrole nitrogens is 1. The van der Waals surface area contributed by atoms with Crippen LogP contribution in [0.2, 0.25) is 0 Å².